The van der Waals surface area contributed by atoms with Crippen LogP contribution in [0.3, 0.4) is 0 Å². The van der Waals surface area contributed by atoms with Crippen LogP contribution in [0.15, 0.2) is 53.4 Å². The van der Waals surface area contributed by atoms with E-state index in [0.29, 0.717) is 6.54 Å². The maximum Gasteiger partial charge on any atom is 0.227 e. The van der Waals surface area contributed by atoms with Crippen LogP contribution in [0, 0.1) is 0 Å². The number of carbonyl (C=O) groups is 2. The lowest BCUT2D eigenvalue weighted by molar-refractivity contribution is -0.125. The number of ether oxygens (including phenoxy) is 1. The molecule has 2 aromatic carbocycles. The summed E-state index contributed by atoms with van der Waals surface area (Å²) < 4.78 is 5.72. The van der Waals surface area contributed by atoms with Crippen LogP contribution < -0.4 is 15.0 Å². The number of nitrogens with zero attached hydrogens (tertiary/aromatic N) is 1. The zero-order valence-electron chi connectivity index (χ0n) is 17.2. The predicted octanol–water partition coefficient (Wildman–Crippen LogP) is 4.57. The Labute approximate surface area is 176 Å². The van der Waals surface area contributed by atoms with Gasteiger partial charge < -0.3 is 15.0 Å². The molecule has 0 aromatic heterocycles. The molecule has 1 heterocycles. The third-order valence-electron chi connectivity index (χ3n) is 4.70. The van der Waals surface area contributed by atoms with Crippen LogP contribution >= 0.6 is 11.8 Å². The van der Waals surface area contributed by atoms with Crippen molar-refractivity contribution in [3.63, 3.8) is 0 Å². The molecular formula is C23H28N2O3S. The molecule has 6 heteroatoms. The van der Waals surface area contributed by atoms with E-state index in [9.17, 15) is 9.59 Å². The highest BCUT2D eigenvalue weighted by Crippen LogP contribution is 2.34. The van der Waals surface area contributed by atoms with Gasteiger partial charge in [-0.25, -0.2) is 0 Å². The summed E-state index contributed by atoms with van der Waals surface area (Å²) in [5.41, 5.74) is 1.93. The Morgan fingerprint density at radius 1 is 1.10 bits per heavy atom. The minimum Gasteiger partial charge on any atom is -0.491 e. The highest BCUT2D eigenvalue weighted by Gasteiger charge is 2.23. The molecule has 1 aliphatic heterocycles. The molecule has 0 aliphatic carbocycles. The van der Waals surface area contributed by atoms with Crippen molar-refractivity contribution in [1.82, 2.24) is 5.32 Å². The van der Waals surface area contributed by atoms with Gasteiger partial charge in [0.1, 0.15) is 5.75 Å². The Kier molecular flexibility index (Phi) is 7.20. The summed E-state index contributed by atoms with van der Waals surface area (Å²) in [5.74, 6) is 1.53. The minimum atomic E-state index is -0.152. The van der Waals surface area contributed by atoms with Gasteiger partial charge in [-0.15, -0.1) is 11.8 Å². The minimum absolute atomic E-state index is 0.00659. The fourth-order valence-corrected chi connectivity index (χ4v) is 4.31. The lowest BCUT2D eigenvalue weighted by Gasteiger charge is -2.29. The lowest BCUT2D eigenvalue weighted by Crippen LogP contribution is -2.36. The zero-order valence-corrected chi connectivity index (χ0v) is 18.0. The first-order chi connectivity index (χ1) is 13.9. The SMILES string of the molecule is CC(C)Oc1cccc(C(C)NC(=O)CCC(=O)N2CCSc3ccccc32)c1. The molecule has 1 aliphatic rings. The zero-order chi connectivity index (χ0) is 20.8. The van der Waals surface area contributed by atoms with Crippen molar-refractivity contribution >= 4 is 29.3 Å². The van der Waals surface area contributed by atoms with Crippen molar-refractivity contribution in [1.29, 1.82) is 0 Å². The number of rotatable bonds is 7. The smallest absolute Gasteiger partial charge is 0.227 e. The van der Waals surface area contributed by atoms with Gasteiger partial charge in [-0.3, -0.25) is 9.59 Å². The van der Waals surface area contributed by atoms with E-state index in [1.807, 2.05) is 69.3 Å². The quantitative estimate of drug-likeness (QED) is 0.724. The second-order valence-corrected chi connectivity index (χ2v) is 8.53. The molecule has 1 atom stereocenters. The summed E-state index contributed by atoms with van der Waals surface area (Å²) in [5, 5.41) is 2.98. The molecule has 1 unspecified atom stereocenters. The van der Waals surface area contributed by atoms with Crippen LogP contribution in [-0.2, 0) is 9.59 Å². The second kappa shape index (κ2) is 9.83. The maximum atomic E-state index is 12.7. The van der Waals surface area contributed by atoms with E-state index in [1.165, 1.54) is 0 Å². The van der Waals surface area contributed by atoms with E-state index >= 15 is 0 Å². The molecule has 2 amide bonds. The summed E-state index contributed by atoms with van der Waals surface area (Å²) in [6.45, 7) is 6.58. The Balaban J connectivity index is 1.53. The summed E-state index contributed by atoms with van der Waals surface area (Å²) in [4.78, 5) is 28.0. The van der Waals surface area contributed by atoms with Gasteiger partial charge in [0.25, 0.3) is 0 Å². The Morgan fingerprint density at radius 2 is 1.90 bits per heavy atom. The van der Waals surface area contributed by atoms with E-state index in [0.717, 1.165) is 27.6 Å². The van der Waals surface area contributed by atoms with Gasteiger partial charge in [0.05, 0.1) is 17.8 Å². The fraction of sp³-hybridized carbons (Fsp3) is 0.391. The van der Waals surface area contributed by atoms with E-state index in [4.69, 9.17) is 4.74 Å². The van der Waals surface area contributed by atoms with Crippen LogP contribution in [0.1, 0.15) is 45.2 Å². The van der Waals surface area contributed by atoms with Crippen LogP contribution in [0.25, 0.3) is 0 Å². The van der Waals surface area contributed by atoms with Crippen molar-refractivity contribution in [3.05, 3.63) is 54.1 Å². The van der Waals surface area contributed by atoms with Crippen molar-refractivity contribution < 1.29 is 14.3 Å². The number of fused-ring (bicyclic) bond motifs is 1. The van der Waals surface area contributed by atoms with Crippen molar-refractivity contribution in [2.75, 3.05) is 17.2 Å². The van der Waals surface area contributed by atoms with Crippen molar-refractivity contribution in [2.24, 2.45) is 0 Å². The predicted molar refractivity (Wildman–Crippen MR) is 118 cm³/mol. The molecule has 0 fully saturated rings. The van der Waals surface area contributed by atoms with E-state index in [1.54, 1.807) is 16.7 Å². The van der Waals surface area contributed by atoms with Gasteiger partial charge in [-0.2, -0.15) is 0 Å². The molecule has 0 radical (unpaired) electrons. The van der Waals surface area contributed by atoms with Crippen LogP contribution in [0.4, 0.5) is 5.69 Å². The third-order valence-corrected chi connectivity index (χ3v) is 5.75. The van der Waals surface area contributed by atoms with Gasteiger partial charge >= 0.3 is 0 Å². The summed E-state index contributed by atoms with van der Waals surface area (Å²) >= 11 is 1.76. The van der Waals surface area contributed by atoms with E-state index < -0.39 is 0 Å². The molecule has 154 valence electrons. The van der Waals surface area contributed by atoms with E-state index in [-0.39, 0.29) is 36.8 Å². The third kappa shape index (κ3) is 5.76. The van der Waals surface area contributed by atoms with Crippen LogP contribution in [0.2, 0.25) is 0 Å². The molecule has 5 nitrogen and oxygen atoms in total. The number of thioether (sulfide) groups is 1. The number of amides is 2. The number of para-hydroxylation sites is 1. The topological polar surface area (TPSA) is 58.6 Å². The lowest BCUT2D eigenvalue weighted by atomic mass is 10.1. The number of carbonyl (C=O) groups excluding carboxylic acids is 2. The number of nitrogens with one attached hydrogen (secondary N) is 1. The highest BCUT2D eigenvalue weighted by atomic mass is 32.2. The molecule has 29 heavy (non-hydrogen) atoms. The molecule has 0 bridgehead atoms. The molecule has 1 N–H and O–H groups in total. The first-order valence-electron chi connectivity index (χ1n) is 10.0. The van der Waals surface area contributed by atoms with E-state index in [2.05, 4.69) is 5.32 Å². The molecule has 2 aromatic rings. The van der Waals surface area contributed by atoms with Gasteiger partial charge in [0.15, 0.2) is 0 Å². The van der Waals surface area contributed by atoms with Gasteiger partial charge in [0.2, 0.25) is 11.8 Å². The fourth-order valence-electron chi connectivity index (χ4n) is 3.31. The van der Waals surface area contributed by atoms with Crippen LogP contribution in [-0.4, -0.2) is 30.2 Å². The largest absolute Gasteiger partial charge is 0.491 e. The normalized spacial score (nSPS) is 14.3. The highest BCUT2D eigenvalue weighted by molar-refractivity contribution is 7.99. The van der Waals surface area contributed by atoms with Gasteiger partial charge in [-0.05, 0) is 50.6 Å². The van der Waals surface area contributed by atoms with Crippen molar-refractivity contribution in [2.45, 2.75) is 50.7 Å². The number of anilines is 1. The maximum absolute atomic E-state index is 12.7. The van der Waals surface area contributed by atoms with Gasteiger partial charge in [0, 0.05) is 30.0 Å². The van der Waals surface area contributed by atoms with Gasteiger partial charge in [-0.1, -0.05) is 24.3 Å². The number of hydrogen-bond donors (Lipinski definition) is 1. The first-order valence-corrected chi connectivity index (χ1v) is 11.0. The number of benzene rings is 2. The Bertz CT molecular complexity index is 869. The summed E-state index contributed by atoms with van der Waals surface area (Å²) in [6.07, 6.45) is 0.477. The monoisotopic (exact) mass is 412 g/mol. The average Bonchev–Trinajstić information content (AvgIpc) is 2.71. The van der Waals surface area contributed by atoms with Crippen molar-refractivity contribution in [3.8, 4) is 5.75 Å². The standard InChI is InChI=1S/C23H28N2O3S/c1-16(2)28-19-8-6-7-18(15-19)17(3)24-22(26)11-12-23(27)25-13-14-29-21-10-5-4-9-20(21)25/h4-10,15-17H,11-14H2,1-3H3,(H,24,26). The summed E-state index contributed by atoms with van der Waals surface area (Å²) in [7, 11) is 0. The molecule has 0 saturated heterocycles. The molecule has 0 spiro atoms. The number of hydrogen-bond acceptors (Lipinski definition) is 4. The molecular weight excluding hydrogens is 384 g/mol. The summed E-state index contributed by atoms with van der Waals surface area (Å²) in [6, 6.07) is 15.5. The van der Waals surface area contributed by atoms with Crippen LogP contribution in [0.5, 0.6) is 5.75 Å². The first kappa shape index (κ1) is 21.2. The Morgan fingerprint density at radius 3 is 2.69 bits per heavy atom. The second-order valence-electron chi connectivity index (χ2n) is 7.39. The average molecular weight is 413 g/mol. The molecule has 3 rings (SSSR count). The molecule has 0 saturated carbocycles. The Hall–Kier alpha value is -2.47.